The Morgan fingerprint density at radius 2 is 2.25 bits per heavy atom. The van der Waals surface area contributed by atoms with Gasteiger partial charge in [0.1, 0.15) is 6.10 Å². The van der Waals surface area contributed by atoms with Crippen LogP contribution in [0.15, 0.2) is 12.1 Å². The molecule has 4 heteroatoms. The molecule has 0 radical (unpaired) electrons. The number of Topliss-reactive ketones (excluding diaryl/α,β-unsaturated/α-hetero) is 1. The van der Waals surface area contributed by atoms with E-state index in [2.05, 4.69) is 13.0 Å². The van der Waals surface area contributed by atoms with E-state index in [1.807, 2.05) is 6.07 Å². The van der Waals surface area contributed by atoms with Crippen molar-refractivity contribution in [3.63, 3.8) is 0 Å². The van der Waals surface area contributed by atoms with Crippen LogP contribution in [0.5, 0.6) is 0 Å². The largest absolute Gasteiger partial charge is 0.376 e. The average Bonchev–Trinajstić information content (AvgIpc) is 2.78. The van der Waals surface area contributed by atoms with Crippen LogP contribution < -0.4 is 0 Å². The lowest BCUT2D eigenvalue weighted by Gasteiger charge is -2.21. The van der Waals surface area contributed by atoms with Gasteiger partial charge in [-0.15, -0.1) is 11.3 Å². The maximum Gasteiger partial charge on any atom is 0.169 e. The zero-order valence-corrected chi connectivity index (χ0v) is 10.2. The lowest BCUT2D eigenvalue weighted by molar-refractivity contribution is -0.144. The van der Waals surface area contributed by atoms with Gasteiger partial charge >= 0.3 is 0 Å². The second-order valence-corrected chi connectivity index (χ2v) is 5.05. The smallest absolute Gasteiger partial charge is 0.169 e. The van der Waals surface area contributed by atoms with Gasteiger partial charge in [-0.25, -0.2) is 0 Å². The summed E-state index contributed by atoms with van der Waals surface area (Å²) in [6, 6.07) is 4.12. The summed E-state index contributed by atoms with van der Waals surface area (Å²) >= 11 is 1.71. The number of aryl methyl sites for hydroxylation is 1. The number of rotatable bonds is 4. The Bertz CT molecular complexity index is 353. The molecule has 0 amide bonds. The Hall–Kier alpha value is -0.710. The van der Waals surface area contributed by atoms with Gasteiger partial charge in [-0.05, 0) is 18.6 Å². The molecule has 3 nitrogen and oxygen atoms in total. The Morgan fingerprint density at radius 1 is 1.44 bits per heavy atom. The lowest BCUT2D eigenvalue weighted by Crippen LogP contribution is -2.36. The summed E-state index contributed by atoms with van der Waals surface area (Å²) in [4.78, 5) is 14.3. The third-order valence-electron chi connectivity index (χ3n) is 2.59. The molecule has 2 rings (SSSR count). The fraction of sp³-hybridized carbons (Fsp3) is 0.583. The predicted molar refractivity (Wildman–Crippen MR) is 63.0 cm³/mol. The summed E-state index contributed by atoms with van der Waals surface area (Å²) < 4.78 is 10.6. The molecular weight excluding hydrogens is 224 g/mol. The van der Waals surface area contributed by atoms with E-state index in [9.17, 15) is 4.79 Å². The van der Waals surface area contributed by atoms with Crippen molar-refractivity contribution >= 4 is 17.1 Å². The van der Waals surface area contributed by atoms with Crippen LogP contribution in [0.4, 0.5) is 0 Å². The van der Waals surface area contributed by atoms with Gasteiger partial charge in [-0.3, -0.25) is 4.79 Å². The maximum atomic E-state index is 11.9. The Kier molecular flexibility index (Phi) is 4.09. The van der Waals surface area contributed by atoms with Gasteiger partial charge in [0.05, 0.1) is 19.8 Å². The van der Waals surface area contributed by atoms with Gasteiger partial charge in [0, 0.05) is 16.2 Å². The normalized spacial score (nSPS) is 20.9. The van der Waals surface area contributed by atoms with E-state index >= 15 is 0 Å². The minimum Gasteiger partial charge on any atom is -0.376 e. The first-order valence-corrected chi connectivity index (χ1v) is 6.41. The number of carbonyl (C=O) groups is 1. The molecule has 2 heterocycles. The van der Waals surface area contributed by atoms with E-state index in [1.165, 1.54) is 4.88 Å². The molecule has 1 atom stereocenters. The van der Waals surface area contributed by atoms with E-state index < -0.39 is 0 Å². The zero-order chi connectivity index (χ0) is 11.4. The van der Waals surface area contributed by atoms with Gasteiger partial charge in [0.2, 0.25) is 0 Å². The second kappa shape index (κ2) is 5.57. The van der Waals surface area contributed by atoms with Gasteiger partial charge in [-0.2, -0.15) is 0 Å². The van der Waals surface area contributed by atoms with Crippen molar-refractivity contribution in [3.8, 4) is 0 Å². The summed E-state index contributed by atoms with van der Waals surface area (Å²) in [6.07, 6.45) is 1.14. The minimum absolute atomic E-state index is 0.129. The number of thiophene rings is 1. The molecule has 1 unspecified atom stereocenters. The fourth-order valence-electron chi connectivity index (χ4n) is 1.67. The van der Waals surface area contributed by atoms with E-state index in [0.29, 0.717) is 26.2 Å². The average molecular weight is 240 g/mol. The molecular formula is C12H16O3S. The summed E-state index contributed by atoms with van der Waals surface area (Å²) in [5, 5.41) is 0. The summed E-state index contributed by atoms with van der Waals surface area (Å²) in [5.74, 6) is 0.129. The van der Waals surface area contributed by atoms with Crippen molar-refractivity contribution in [1.29, 1.82) is 0 Å². The third kappa shape index (κ3) is 2.90. The highest BCUT2D eigenvalue weighted by molar-refractivity contribution is 7.12. The molecule has 16 heavy (non-hydrogen) atoms. The summed E-state index contributed by atoms with van der Waals surface area (Å²) in [7, 11) is 0. The van der Waals surface area contributed by atoms with Crippen molar-refractivity contribution in [3.05, 3.63) is 21.9 Å². The number of hydrogen-bond donors (Lipinski definition) is 0. The SMILES string of the molecule is CCc1ccc(CC(=O)C2COCCO2)s1. The number of hydrogen-bond acceptors (Lipinski definition) is 4. The molecule has 0 aliphatic carbocycles. The standard InChI is InChI=1S/C12H16O3S/c1-2-9-3-4-10(16-9)7-11(13)12-8-14-5-6-15-12/h3-4,12H,2,5-8H2,1H3. The molecule has 88 valence electrons. The molecule has 0 saturated carbocycles. The minimum atomic E-state index is -0.360. The number of ketones is 1. The quantitative estimate of drug-likeness (QED) is 0.805. The highest BCUT2D eigenvalue weighted by Gasteiger charge is 2.22. The first-order chi connectivity index (χ1) is 7.79. The molecule has 1 aromatic rings. The molecule has 1 fully saturated rings. The molecule has 0 aromatic carbocycles. The molecule has 0 spiro atoms. The molecule has 1 aliphatic heterocycles. The first kappa shape index (κ1) is 11.8. The van der Waals surface area contributed by atoms with Gasteiger partial charge in [-0.1, -0.05) is 6.92 Å². The number of carbonyl (C=O) groups excluding carboxylic acids is 1. The van der Waals surface area contributed by atoms with Crippen LogP contribution in [-0.4, -0.2) is 31.7 Å². The van der Waals surface area contributed by atoms with E-state index in [1.54, 1.807) is 11.3 Å². The lowest BCUT2D eigenvalue weighted by atomic mass is 10.1. The van der Waals surface area contributed by atoms with Crippen molar-refractivity contribution in [2.24, 2.45) is 0 Å². The van der Waals surface area contributed by atoms with Crippen molar-refractivity contribution in [2.45, 2.75) is 25.9 Å². The van der Waals surface area contributed by atoms with Crippen LogP contribution in [0.2, 0.25) is 0 Å². The Labute approximate surface area is 99.4 Å². The molecule has 1 saturated heterocycles. The predicted octanol–water partition coefficient (Wildman–Crippen LogP) is 1.84. The molecule has 1 aromatic heterocycles. The highest BCUT2D eigenvalue weighted by Crippen LogP contribution is 2.18. The fourth-order valence-corrected chi connectivity index (χ4v) is 2.63. The van der Waals surface area contributed by atoms with Crippen LogP contribution in [0.1, 0.15) is 16.7 Å². The Morgan fingerprint density at radius 3 is 2.88 bits per heavy atom. The zero-order valence-electron chi connectivity index (χ0n) is 9.40. The van der Waals surface area contributed by atoms with E-state index in [4.69, 9.17) is 9.47 Å². The van der Waals surface area contributed by atoms with Gasteiger partial charge < -0.3 is 9.47 Å². The van der Waals surface area contributed by atoms with Crippen molar-refractivity contribution < 1.29 is 14.3 Å². The maximum absolute atomic E-state index is 11.9. The van der Waals surface area contributed by atoms with E-state index in [0.717, 1.165) is 11.3 Å². The Balaban J connectivity index is 1.90. The van der Waals surface area contributed by atoms with Crippen LogP contribution in [0.25, 0.3) is 0 Å². The second-order valence-electron chi connectivity index (χ2n) is 3.80. The van der Waals surface area contributed by atoms with Crippen LogP contribution in [0, 0.1) is 0 Å². The monoisotopic (exact) mass is 240 g/mol. The van der Waals surface area contributed by atoms with Gasteiger partial charge in [0.15, 0.2) is 5.78 Å². The molecule has 0 N–H and O–H groups in total. The first-order valence-electron chi connectivity index (χ1n) is 5.59. The molecule has 0 bridgehead atoms. The van der Waals surface area contributed by atoms with Crippen LogP contribution in [-0.2, 0) is 27.1 Å². The summed E-state index contributed by atoms with van der Waals surface area (Å²) in [5.41, 5.74) is 0. The van der Waals surface area contributed by atoms with Crippen LogP contribution in [0.3, 0.4) is 0 Å². The highest BCUT2D eigenvalue weighted by atomic mass is 32.1. The summed E-state index contributed by atoms with van der Waals surface area (Å²) in [6.45, 7) is 3.66. The van der Waals surface area contributed by atoms with Crippen molar-refractivity contribution in [1.82, 2.24) is 0 Å². The van der Waals surface area contributed by atoms with Crippen molar-refractivity contribution in [2.75, 3.05) is 19.8 Å². The third-order valence-corrected chi connectivity index (χ3v) is 3.82. The van der Waals surface area contributed by atoms with Crippen LogP contribution >= 0.6 is 11.3 Å². The van der Waals surface area contributed by atoms with E-state index in [-0.39, 0.29) is 11.9 Å². The molecule has 1 aliphatic rings. The number of ether oxygens (including phenoxy) is 2. The topological polar surface area (TPSA) is 35.5 Å². The van der Waals surface area contributed by atoms with Gasteiger partial charge in [0.25, 0.3) is 0 Å².